The van der Waals surface area contributed by atoms with Gasteiger partial charge in [-0.25, -0.2) is 13.6 Å². The molecular formula is C32H29F2N3O8S. The smallest absolute Gasteiger partial charge is 0.451 e. The Bertz CT molecular complexity index is 1800. The number of ether oxygens (including phenoxy) is 4. The molecule has 0 bridgehead atoms. The van der Waals surface area contributed by atoms with E-state index in [4.69, 9.17) is 14.2 Å². The number of thioether (sulfide) groups is 1. The number of morpholine rings is 1. The minimum absolute atomic E-state index is 0.0169. The highest BCUT2D eigenvalue weighted by molar-refractivity contribution is 7.98. The van der Waals surface area contributed by atoms with Crippen molar-refractivity contribution in [2.75, 3.05) is 32.1 Å². The molecule has 7 rings (SSSR count). The van der Waals surface area contributed by atoms with E-state index in [-0.39, 0.29) is 48.3 Å². The lowest BCUT2D eigenvalue weighted by molar-refractivity contribution is -0.133. The third-order valence-corrected chi connectivity index (χ3v) is 9.82. The molecule has 3 aromatic rings. The lowest BCUT2D eigenvalue weighted by atomic mass is 9.92. The van der Waals surface area contributed by atoms with Crippen molar-refractivity contribution < 1.29 is 42.1 Å². The Morgan fingerprint density at radius 3 is 2.63 bits per heavy atom. The van der Waals surface area contributed by atoms with Crippen LogP contribution >= 0.6 is 11.8 Å². The molecule has 3 aliphatic heterocycles. The van der Waals surface area contributed by atoms with E-state index in [1.807, 2.05) is 24.3 Å². The van der Waals surface area contributed by atoms with Gasteiger partial charge in [0.05, 0.1) is 26.4 Å². The van der Waals surface area contributed by atoms with E-state index < -0.39 is 59.9 Å². The molecule has 1 saturated carbocycles. The van der Waals surface area contributed by atoms with Crippen LogP contribution in [0.1, 0.15) is 52.5 Å². The maximum atomic E-state index is 15.5. The van der Waals surface area contributed by atoms with Crippen molar-refractivity contribution in [3.63, 3.8) is 0 Å². The Labute approximate surface area is 265 Å². The second kappa shape index (κ2) is 12.1. The van der Waals surface area contributed by atoms with Gasteiger partial charge >= 0.3 is 6.16 Å². The van der Waals surface area contributed by atoms with Crippen LogP contribution in [0.2, 0.25) is 0 Å². The van der Waals surface area contributed by atoms with Crippen molar-refractivity contribution in [2.45, 2.75) is 48.2 Å². The van der Waals surface area contributed by atoms with Crippen LogP contribution in [0, 0.1) is 17.6 Å². The molecule has 1 aromatic heterocycles. The van der Waals surface area contributed by atoms with Gasteiger partial charge in [0, 0.05) is 34.9 Å². The van der Waals surface area contributed by atoms with Gasteiger partial charge in [0.2, 0.25) is 18.0 Å². The zero-order valence-corrected chi connectivity index (χ0v) is 25.5. The molecule has 14 heteroatoms. The average molecular weight is 654 g/mol. The molecule has 1 unspecified atom stereocenters. The molecule has 3 atom stereocenters. The molecule has 1 saturated heterocycles. The third kappa shape index (κ3) is 5.18. The van der Waals surface area contributed by atoms with E-state index in [1.54, 1.807) is 5.01 Å². The predicted molar refractivity (Wildman–Crippen MR) is 159 cm³/mol. The van der Waals surface area contributed by atoms with Gasteiger partial charge in [0.15, 0.2) is 23.1 Å². The number of methoxy groups -OCH3 is 1. The van der Waals surface area contributed by atoms with Gasteiger partial charge < -0.3 is 23.8 Å². The lowest BCUT2D eigenvalue weighted by Gasteiger charge is -2.53. The maximum Gasteiger partial charge on any atom is 0.510 e. The molecule has 0 radical (unpaired) electrons. The highest BCUT2D eigenvalue weighted by Gasteiger charge is 2.51. The number of Topliss-reactive ketones (excluding diaryl/α,β-unsaturated/α-hetero) is 1. The SMILES string of the molecule is COC(=O)OCOc1c2n(ccc1=O)N([C@@H]1c3ccccc3SCc3c1ccc(F)c3F)[C@@H]1COCC(C(=O)CC3CC3)N1C2=O. The Morgan fingerprint density at radius 2 is 1.85 bits per heavy atom. The van der Waals surface area contributed by atoms with Crippen molar-refractivity contribution in [1.29, 1.82) is 0 Å². The third-order valence-electron chi connectivity index (χ3n) is 8.71. The van der Waals surface area contributed by atoms with Crippen molar-refractivity contribution in [3.8, 4) is 5.75 Å². The summed E-state index contributed by atoms with van der Waals surface area (Å²) in [7, 11) is 1.11. The molecule has 0 spiro atoms. The Kier molecular flexibility index (Phi) is 7.93. The fraction of sp³-hybridized carbons (Fsp3) is 0.375. The normalized spacial score (nSPS) is 21.7. The Morgan fingerprint density at radius 1 is 1.04 bits per heavy atom. The largest absolute Gasteiger partial charge is 0.510 e. The summed E-state index contributed by atoms with van der Waals surface area (Å²) in [6.07, 6.45) is 1.57. The van der Waals surface area contributed by atoms with Crippen LogP contribution in [0.4, 0.5) is 13.6 Å². The van der Waals surface area contributed by atoms with Gasteiger partial charge in [-0.05, 0) is 42.0 Å². The molecule has 46 heavy (non-hydrogen) atoms. The molecule has 4 heterocycles. The second-order valence-corrected chi connectivity index (χ2v) is 12.5. The summed E-state index contributed by atoms with van der Waals surface area (Å²) >= 11 is 1.35. The Balaban J connectivity index is 1.44. The number of rotatable bonds is 7. The molecule has 2 fully saturated rings. The van der Waals surface area contributed by atoms with Crippen LogP contribution < -0.4 is 15.2 Å². The number of ketones is 1. The summed E-state index contributed by atoms with van der Waals surface area (Å²) in [6, 6.07) is 9.39. The zero-order chi connectivity index (χ0) is 32.1. The molecule has 2 aromatic carbocycles. The number of fused-ring (bicyclic) bond motifs is 4. The number of carbonyl (C=O) groups excluding carboxylic acids is 3. The quantitative estimate of drug-likeness (QED) is 0.272. The number of hydrogen-bond donors (Lipinski definition) is 0. The van der Waals surface area contributed by atoms with Gasteiger partial charge in [-0.1, -0.05) is 24.3 Å². The molecular weight excluding hydrogens is 624 g/mol. The summed E-state index contributed by atoms with van der Waals surface area (Å²) in [4.78, 5) is 55.2. The van der Waals surface area contributed by atoms with Gasteiger partial charge in [0.25, 0.3) is 5.91 Å². The molecule has 4 aliphatic rings. The van der Waals surface area contributed by atoms with E-state index in [2.05, 4.69) is 4.74 Å². The van der Waals surface area contributed by atoms with Crippen LogP contribution in [-0.4, -0.2) is 66.7 Å². The monoisotopic (exact) mass is 653 g/mol. The van der Waals surface area contributed by atoms with E-state index >= 15 is 4.39 Å². The van der Waals surface area contributed by atoms with Crippen LogP contribution in [-0.2, 0) is 24.8 Å². The second-order valence-electron chi connectivity index (χ2n) is 11.5. The zero-order valence-electron chi connectivity index (χ0n) is 24.6. The first kappa shape index (κ1) is 30.2. The lowest BCUT2D eigenvalue weighted by Crippen LogP contribution is -2.70. The molecule has 0 N–H and O–H groups in total. The van der Waals surface area contributed by atoms with Crippen LogP contribution in [0.15, 0.2) is 58.4 Å². The number of aromatic nitrogens is 1. The topological polar surface area (TPSA) is 117 Å². The van der Waals surface area contributed by atoms with Crippen LogP contribution in [0.3, 0.4) is 0 Å². The minimum Gasteiger partial charge on any atom is -0.451 e. The molecule has 11 nitrogen and oxygen atoms in total. The molecule has 1 amide bonds. The molecule has 240 valence electrons. The first-order valence-corrected chi connectivity index (χ1v) is 15.8. The van der Waals surface area contributed by atoms with Gasteiger partial charge in [0.1, 0.15) is 12.2 Å². The first-order chi connectivity index (χ1) is 22.3. The van der Waals surface area contributed by atoms with Crippen molar-refractivity contribution in [2.24, 2.45) is 5.92 Å². The number of carbonyl (C=O) groups is 3. The average Bonchev–Trinajstić information content (AvgIpc) is 3.90. The number of hydrogen-bond acceptors (Lipinski definition) is 10. The van der Waals surface area contributed by atoms with Gasteiger partial charge in [-0.15, -0.1) is 11.8 Å². The summed E-state index contributed by atoms with van der Waals surface area (Å²) in [5.74, 6) is -2.83. The van der Waals surface area contributed by atoms with E-state index in [9.17, 15) is 23.6 Å². The fourth-order valence-electron chi connectivity index (χ4n) is 6.37. The van der Waals surface area contributed by atoms with Gasteiger partial charge in [-0.3, -0.25) is 24.1 Å². The molecule has 1 aliphatic carbocycles. The number of amides is 1. The van der Waals surface area contributed by atoms with Gasteiger partial charge in [-0.2, -0.15) is 0 Å². The maximum absolute atomic E-state index is 15.5. The van der Waals surface area contributed by atoms with Crippen LogP contribution in [0.25, 0.3) is 0 Å². The highest BCUT2D eigenvalue weighted by Crippen LogP contribution is 2.46. The summed E-state index contributed by atoms with van der Waals surface area (Å²) < 4.78 is 52.5. The van der Waals surface area contributed by atoms with E-state index in [0.29, 0.717) is 5.56 Å². The highest BCUT2D eigenvalue weighted by atomic mass is 32.2. The number of halogens is 2. The van der Waals surface area contributed by atoms with Crippen molar-refractivity contribution in [1.82, 2.24) is 9.58 Å². The standard InChI is InChI=1S/C32H29F2N3O8S/c1-42-32(41)45-16-44-30-23(38)10-11-35-29(30)31(40)36-22(24(39)12-17-6-7-17)13-43-14-26(36)37(35)28-18-8-9-21(33)27(34)20(18)15-46-25-5-3-2-4-19(25)28/h2-5,8-11,17,22,26,28H,6-7,12-16H2,1H3/t22?,26-,28+/m1/s1. The number of benzene rings is 2. The summed E-state index contributed by atoms with van der Waals surface area (Å²) in [5, 5.41) is 1.75. The van der Waals surface area contributed by atoms with Crippen molar-refractivity contribution >= 4 is 29.6 Å². The summed E-state index contributed by atoms with van der Waals surface area (Å²) in [5.41, 5.74) is 0.434. The predicted octanol–water partition coefficient (Wildman–Crippen LogP) is 4.13. The van der Waals surface area contributed by atoms with E-state index in [1.165, 1.54) is 39.7 Å². The number of nitrogens with zero attached hydrogens (tertiary/aromatic N) is 3. The summed E-state index contributed by atoms with van der Waals surface area (Å²) in [6.45, 7) is -0.802. The Hall–Kier alpha value is -4.43. The van der Waals surface area contributed by atoms with Crippen molar-refractivity contribution in [3.05, 3.63) is 92.9 Å². The first-order valence-electron chi connectivity index (χ1n) is 14.8. The minimum atomic E-state index is -1.06. The number of pyridine rings is 1. The van der Waals surface area contributed by atoms with E-state index in [0.717, 1.165) is 36.5 Å². The fourth-order valence-corrected chi connectivity index (χ4v) is 7.48. The van der Waals surface area contributed by atoms with Crippen LogP contribution in [0.5, 0.6) is 5.75 Å².